The molecule has 7 heteroatoms. The molecule has 118 valence electrons. The molecular weight excluding hydrogens is 284 g/mol. The third-order valence-corrected chi connectivity index (χ3v) is 3.97. The van der Waals surface area contributed by atoms with Crippen molar-refractivity contribution in [2.24, 2.45) is 7.05 Å². The molecule has 22 heavy (non-hydrogen) atoms. The Labute approximate surface area is 128 Å². The molecule has 0 spiro atoms. The predicted octanol–water partition coefficient (Wildman–Crippen LogP) is 1.92. The number of carbonyl (C=O) groups is 1. The van der Waals surface area contributed by atoms with Gasteiger partial charge < -0.3 is 18.7 Å². The summed E-state index contributed by atoms with van der Waals surface area (Å²) >= 11 is 0. The Kier molecular flexibility index (Phi) is 4.24. The Bertz CT molecular complexity index is 649. The van der Waals surface area contributed by atoms with Gasteiger partial charge in [0.05, 0.1) is 0 Å². The zero-order chi connectivity index (χ0) is 15.5. The van der Waals surface area contributed by atoms with Crippen LogP contribution in [-0.2, 0) is 18.4 Å². The standard InChI is InChI=1S/C15H20N4O3/c1-18-8-5-7-12(18)15(20)19-9-4-3-6-11(19)14-16-13(10-21-2)17-22-14/h5,7-8,11H,3-4,6,9-10H2,1-2H3. The summed E-state index contributed by atoms with van der Waals surface area (Å²) in [5, 5.41) is 3.90. The van der Waals surface area contributed by atoms with E-state index >= 15 is 0 Å². The number of hydrogen-bond donors (Lipinski definition) is 0. The van der Waals surface area contributed by atoms with Gasteiger partial charge in [0.1, 0.15) is 18.3 Å². The number of likely N-dealkylation sites (tertiary alicyclic amines) is 1. The van der Waals surface area contributed by atoms with Crippen molar-refractivity contribution in [1.82, 2.24) is 19.6 Å². The van der Waals surface area contributed by atoms with Gasteiger partial charge in [0.15, 0.2) is 5.82 Å². The third kappa shape index (κ3) is 2.76. The van der Waals surface area contributed by atoms with Crippen molar-refractivity contribution < 1.29 is 14.1 Å². The van der Waals surface area contributed by atoms with Crippen LogP contribution < -0.4 is 0 Å². The van der Waals surface area contributed by atoms with Crippen molar-refractivity contribution in [2.45, 2.75) is 31.9 Å². The van der Waals surface area contributed by atoms with Crippen molar-refractivity contribution in [3.63, 3.8) is 0 Å². The lowest BCUT2D eigenvalue weighted by molar-refractivity contribution is 0.0551. The van der Waals surface area contributed by atoms with Crippen molar-refractivity contribution in [3.8, 4) is 0 Å². The first-order chi connectivity index (χ1) is 10.7. The summed E-state index contributed by atoms with van der Waals surface area (Å²) in [5.74, 6) is 1.01. The van der Waals surface area contributed by atoms with E-state index in [-0.39, 0.29) is 11.9 Å². The molecular formula is C15H20N4O3. The summed E-state index contributed by atoms with van der Waals surface area (Å²) < 4.78 is 12.2. The van der Waals surface area contributed by atoms with Crippen LogP contribution in [0.2, 0.25) is 0 Å². The van der Waals surface area contributed by atoms with E-state index in [0.717, 1.165) is 19.3 Å². The van der Waals surface area contributed by atoms with Crippen molar-refractivity contribution >= 4 is 5.91 Å². The molecule has 3 heterocycles. The van der Waals surface area contributed by atoms with E-state index in [1.165, 1.54) is 0 Å². The van der Waals surface area contributed by atoms with E-state index in [4.69, 9.17) is 9.26 Å². The van der Waals surface area contributed by atoms with E-state index in [9.17, 15) is 4.79 Å². The molecule has 1 unspecified atom stereocenters. The molecule has 3 rings (SSSR count). The first kappa shape index (κ1) is 14.8. The van der Waals surface area contributed by atoms with E-state index in [2.05, 4.69) is 10.1 Å². The second-order valence-electron chi connectivity index (χ2n) is 5.50. The number of nitrogens with zero attached hydrogens (tertiary/aromatic N) is 4. The maximum Gasteiger partial charge on any atom is 0.271 e. The summed E-state index contributed by atoms with van der Waals surface area (Å²) in [6.45, 7) is 1.01. The quantitative estimate of drug-likeness (QED) is 0.863. The van der Waals surface area contributed by atoms with Crippen LogP contribution in [0.15, 0.2) is 22.9 Å². The first-order valence-electron chi connectivity index (χ1n) is 7.44. The number of ether oxygens (including phenoxy) is 1. The van der Waals surface area contributed by atoms with Crippen LogP contribution in [0.1, 0.15) is 47.5 Å². The number of hydrogen-bond acceptors (Lipinski definition) is 5. The summed E-state index contributed by atoms with van der Waals surface area (Å²) in [6, 6.07) is 3.54. The number of aryl methyl sites for hydroxylation is 1. The highest BCUT2D eigenvalue weighted by Gasteiger charge is 2.33. The number of carbonyl (C=O) groups excluding carboxylic acids is 1. The summed E-state index contributed by atoms with van der Waals surface area (Å²) in [5.41, 5.74) is 0.670. The van der Waals surface area contributed by atoms with Crippen LogP contribution in [0.5, 0.6) is 0 Å². The topological polar surface area (TPSA) is 73.4 Å². The molecule has 1 saturated heterocycles. The normalized spacial score (nSPS) is 18.6. The lowest BCUT2D eigenvalue weighted by Crippen LogP contribution is -2.39. The minimum absolute atomic E-state index is 0.00342. The van der Waals surface area contributed by atoms with Gasteiger partial charge in [-0.3, -0.25) is 4.79 Å². The van der Waals surface area contributed by atoms with Gasteiger partial charge in [0, 0.05) is 26.9 Å². The first-order valence-corrected chi connectivity index (χ1v) is 7.44. The zero-order valence-corrected chi connectivity index (χ0v) is 12.9. The number of aromatic nitrogens is 3. The number of rotatable bonds is 4. The predicted molar refractivity (Wildman–Crippen MR) is 78.1 cm³/mol. The fourth-order valence-electron chi connectivity index (χ4n) is 2.85. The molecule has 2 aromatic heterocycles. The lowest BCUT2D eigenvalue weighted by atomic mass is 10.0. The van der Waals surface area contributed by atoms with Gasteiger partial charge >= 0.3 is 0 Å². The van der Waals surface area contributed by atoms with E-state index in [0.29, 0.717) is 30.6 Å². The average Bonchev–Trinajstić information content (AvgIpc) is 3.16. The molecule has 0 saturated carbocycles. The van der Waals surface area contributed by atoms with Crippen LogP contribution in [0.25, 0.3) is 0 Å². The molecule has 1 aliphatic heterocycles. The third-order valence-electron chi connectivity index (χ3n) is 3.97. The van der Waals surface area contributed by atoms with Crippen LogP contribution in [-0.4, -0.2) is 39.2 Å². The fourth-order valence-corrected chi connectivity index (χ4v) is 2.85. The summed E-state index contributed by atoms with van der Waals surface area (Å²) in [6.07, 6.45) is 4.75. The SMILES string of the molecule is COCc1noc(C2CCCCN2C(=O)c2cccn2C)n1. The van der Waals surface area contributed by atoms with Gasteiger partial charge in [-0.25, -0.2) is 0 Å². The number of piperidine rings is 1. The number of methoxy groups -OCH3 is 1. The van der Waals surface area contributed by atoms with Gasteiger partial charge in [-0.15, -0.1) is 0 Å². The fraction of sp³-hybridized carbons (Fsp3) is 0.533. The minimum Gasteiger partial charge on any atom is -0.377 e. The smallest absolute Gasteiger partial charge is 0.271 e. The largest absolute Gasteiger partial charge is 0.377 e. The lowest BCUT2D eigenvalue weighted by Gasteiger charge is -2.33. The molecule has 0 radical (unpaired) electrons. The molecule has 1 fully saturated rings. The highest BCUT2D eigenvalue weighted by Crippen LogP contribution is 2.31. The van der Waals surface area contributed by atoms with Crippen molar-refractivity contribution in [1.29, 1.82) is 0 Å². The van der Waals surface area contributed by atoms with Crippen LogP contribution in [0, 0.1) is 0 Å². The van der Waals surface area contributed by atoms with Crippen LogP contribution in [0.4, 0.5) is 0 Å². The van der Waals surface area contributed by atoms with Gasteiger partial charge in [-0.05, 0) is 31.4 Å². The summed E-state index contributed by atoms with van der Waals surface area (Å²) in [4.78, 5) is 19.0. The molecule has 0 N–H and O–H groups in total. The Balaban J connectivity index is 1.84. The van der Waals surface area contributed by atoms with E-state index in [1.807, 2.05) is 34.8 Å². The minimum atomic E-state index is -0.158. The van der Waals surface area contributed by atoms with Gasteiger partial charge in [-0.1, -0.05) is 5.16 Å². The average molecular weight is 304 g/mol. The highest BCUT2D eigenvalue weighted by atomic mass is 16.5. The Morgan fingerprint density at radius 1 is 1.50 bits per heavy atom. The molecule has 1 atom stereocenters. The Hall–Kier alpha value is -2.15. The molecule has 0 aromatic carbocycles. The molecule has 7 nitrogen and oxygen atoms in total. The van der Waals surface area contributed by atoms with E-state index < -0.39 is 0 Å². The van der Waals surface area contributed by atoms with Gasteiger partial charge in [0.25, 0.3) is 5.91 Å². The zero-order valence-electron chi connectivity index (χ0n) is 12.9. The van der Waals surface area contributed by atoms with E-state index in [1.54, 1.807) is 7.11 Å². The van der Waals surface area contributed by atoms with Gasteiger partial charge in [0.2, 0.25) is 5.89 Å². The molecule has 1 aliphatic rings. The highest BCUT2D eigenvalue weighted by molar-refractivity contribution is 5.93. The maximum absolute atomic E-state index is 12.8. The number of amides is 1. The molecule has 1 amide bonds. The van der Waals surface area contributed by atoms with Gasteiger partial charge in [-0.2, -0.15) is 4.98 Å². The monoisotopic (exact) mass is 304 g/mol. The maximum atomic E-state index is 12.8. The molecule has 0 bridgehead atoms. The molecule has 0 aliphatic carbocycles. The summed E-state index contributed by atoms with van der Waals surface area (Å²) in [7, 11) is 3.46. The second kappa shape index (κ2) is 6.31. The van der Waals surface area contributed by atoms with Crippen LogP contribution >= 0.6 is 0 Å². The Morgan fingerprint density at radius 2 is 2.36 bits per heavy atom. The van der Waals surface area contributed by atoms with Crippen molar-refractivity contribution in [2.75, 3.05) is 13.7 Å². The molecule has 2 aromatic rings. The van der Waals surface area contributed by atoms with Crippen LogP contribution in [0.3, 0.4) is 0 Å². The van der Waals surface area contributed by atoms with Crippen molar-refractivity contribution in [3.05, 3.63) is 35.7 Å². The Morgan fingerprint density at radius 3 is 3.09 bits per heavy atom. The second-order valence-corrected chi connectivity index (χ2v) is 5.50.